The van der Waals surface area contributed by atoms with Gasteiger partial charge in [-0.1, -0.05) is 80.1 Å². The number of ether oxygens (including phenoxy) is 1. The number of benzene rings is 1. The van der Waals surface area contributed by atoms with Crippen LogP contribution >= 0.6 is 15.9 Å². The molecule has 1 rings (SSSR count). The second-order valence-electron chi connectivity index (χ2n) is 5.46. The van der Waals surface area contributed by atoms with E-state index in [9.17, 15) is 0 Å². The van der Waals surface area contributed by atoms with Crippen molar-refractivity contribution in [3.05, 3.63) is 34.3 Å². The smallest absolute Gasteiger partial charge is 0.0960 e. The summed E-state index contributed by atoms with van der Waals surface area (Å²) >= 11 is 3.63. The molecule has 0 aliphatic rings. The second-order valence-corrected chi connectivity index (χ2v) is 6.31. The second kappa shape index (κ2) is 12.2. The van der Waals surface area contributed by atoms with Crippen molar-refractivity contribution in [2.24, 2.45) is 0 Å². The fraction of sp³-hybridized carbons (Fsp3) is 0.667. The standard InChI is InChI=1S/C18H30BrNO/c1-3-5-6-7-8-11-14-21-18(15-20-4-2)16-12-9-10-13-17(16)19/h9-10,12-13,18,20H,3-8,11,14-15H2,1-2H3. The summed E-state index contributed by atoms with van der Waals surface area (Å²) in [6.07, 6.45) is 7.95. The summed E-state index contributed by atoms with van der Waals surface area (Å²) in [4.78, 5) is 0. The summed E-state index contributed by atoms with van der Waals surface area (Å²) < 4.78 is 7.26. The zero-order valence-corrected chi connectivity index (χ0v) is 15.1. The van der Waals surface area contributed by atoms with Gasteiger partial charge in [-0.25, -0.2) is 0 Å². The predicted molar refractivity (Wildman–Crippen MR) is 94.8 cm³/mol. The summed E-state index contributed by atoms with van der Waals surface area (Å²) in [5, 5.41) is 3.40. The topological polar surface area (TPSA) is 21.3 Å². The van der Waals surface area contributed by atoms with Crippen molar-refractivity contribution in [2.45, 2.75) is 58.5 Å². The number of rotatable bonds is 12. The SMILES string of the molecule is CCCCCCCCOC(CNCC)c1ccccc1Br. The van der Waals surface area contributed by atoms with Crippen LogP contribution in [0.4, 0.5) is 0 Å². The molecule has 3 heteroatoms. The van der Waals surface area contributed by atoms with Crippen LogP contribution in [0.1, 0.15) is 64.0 Å². The highest BCUT2D eigenvalue weighted by atomic mass is 79.9. The Labute approximate surface area is 138 Å². The van der Waals surface area contributed by atoms with Gasteiger partial charge >= 0.3 is 0 Å². The molecule has 0 aromatic heterocycles. The lowest BCUT2D eigenvalue weighted by Crippen LogP contribution is -2.23. The molecule has 0 bridgehead atoms. The van der Waals surface area contributed by atoms with Crippen molar-refractivity contribution < 1.29 is 4.74 Å². The van der Waals surface area contributed by atoms with Crippen molar-refractivity contribution in [1.82, 2.24) is 5.32 Å². The molecule has 1 aromatic carbocycles. The Morgan fingerprint density at radius 1 is 1.05 bits per heavy atom. The number of nitrogens with one attached hydrogen (secondary N) is 1. The van der Waals surface area contributed by atoms with Crippen molar-refractivity contribution in [1.29, 1.82) is 0 Å². The summed E-state index contributed by atoms with van der Waals surface area (Å²) in [6.45, 7) is 7.08. The molecular weight excluding hydrogens is 326 g/mol. The lowest BCUT2D eigenvalue weighted by Gasteiger charge is -2.20. The van der Waals surface area contributed by atoms with E-state index < -0.39 is 0 Å². The quantitative estimate of drug-likeness (QED) is 0.501. The van der Waals surface area contributed by atoms with E-state index in [4.69, 9.17) is 4.74 Å². The van der Waals surface area contributed by atoms with Crippen molar-refractivity contribution in [3.63, 3.8) is 0 Å². The summed E-state index contributed by atoms with van der Waals surface area (Å²) in [5.74, 6) is 0. The van der Waals surface area contributed by atoms with Crippen molar-refractivity contribution >= 4 is 15.9 Å². The number of unbranched alkanes of at least 4 members (excludes halogenated alkanes) is 5. The van der Waals surface area contributed by atoms with Gasteiger partial charge in [-0.3, -0.25) is 0 Å². The molecule has 21 heavy (non-hydrogen) atoms. The largest absolute Gasteiger partial charge is 0.372 e. The van der Waals surface area contributed by atoms with Gasteiger partial charge in [0.2, 0.25) is 0 Å². The molecule has 0 amide bonds. The van der Waals surface area contributed by atoms with Crippen LogP contribution in [0.15, 0.2) is 28.7 Å². The Morgan fingerprint density at radius 3 is 2.48 bits per heavy atom. The number of halogens is 1. The molecule has 120 valence electrons. The highest BCUT2D eigenvalue weighted by Gasteiger charge is 2.14. The van der Waals surface area contributed by atoms with Gasteiger partial charge in [0.1, 0.15) is 0 Å². The van der Waals surface area contributed by atoms with E-state index in [1.807, 2.05) is 6.07 Å². The van der Waals surface area contributed by atoms with E-state index in [1.54, 1.807) is 0 Å². The molecule has 0 heterocycles. The third-order valence-corrected chi connectivity index (χ3v) is 4.37. The van der Waals surface area contributed by atoms with Crippen LogP contribution in [0.2, 0.25) is 0 Å². The summed E-state index contributed by atoms with van der Waals surface area (Å²) in [7, 11) is 0. The Morgan fingerprint density at radius 2 is 1.76 bits per heavy atom. The minimum absolute atomic E-state index is 0.135. The lowest BCUT2D eigenvalue weighted by molar-refractivity contribution is 0.0497. The monoisotopic (exact) mass is 355 g/mol. The maximum absolute atomic E-state index is 6.13. The molecule has 0 aliphatic carbocycles. The molecule has 0 radical (unpaired) electrons. The van der Waals surface area contributed by atoms with Gasteiger partial charge < -0.3 is 10.1 Å². The van der Waals surface area contributed by atoms with Crippen molar-refractivity contribution in [2.75, 3.05) is 19.7 Å². The van der Waals surface area contributed by atoms with Crippen LogP contribution < -0.4 is 5.32 Å². The molecule has 1 N–H and O–H groups in total. The van der Waals surface area contributed by atoms with Gasteiger partial charge in [-0.15, -0.1) is 0 Å². The van der Waals surface area contributed by atoms with Crippen LogP contribution in [-0.4, -0.2) is 19.7 Å². The average molecular weight is 356 g/mol. The Bertz CT molecular complexity index is 370. The Balaban J connectivity index is 2.35. The van der Waals surface area contributed by atoms with Crippen LogP contribution in [0.5, 0.6) is 0 Å². The molecular formula is C18H30BrNO. The number of hydrogen-bond donors (Lipinski definition) is 1. The first-order chi connectivity index (χ1) is 10.3. The minimum atomic E-state index is 0.135. The van der Waals surface area contributed by atoms with E-state index >= 15 is 0 Å². The van der Waals surface area contributed by atoms with E-state index in [-0.39, 0.29) is 6.10 Å². The zero-order valence-electron chi connectivity index (χ0n) is 13.5. The first-order valence-electron chi connectivity index (χ1n) is 8.36. The highest BCUT2D eigenvalue weighted by Crippen LogP contribution is 2.25. The van der Waals surface area contributed by atoms with Crippen molar-refractivity contribution in [3.8, 4) is 0 Å². The summed E-state index contributed by atoms with van der Waals surface area (Å²) in [6, 6.07) is 8.36. The van der Waals surface area contributed by atoms with Gasteiger partial charge in [-0.2, -0.15) is 0 Å². The molecule has 1 atom stereocenters. The zero-order chi connectivity index (χ0) is 15.3. The molecule has 0 aliphatic heterocycles. The molecule has 1 unspecified atom stereocenters. The first kappa shape index (κ1) is 18.7. The molecule has 0 fully saturated rings. The minimum Gasteiger partial charge on any atom is -0.372 e. The predicted octanol–water partition coefficient (Wildman–Crippen LogP) is 5.48. The molecule has 0 saturated carbocycles. The third kappa shape index (κ3) is 7.98. The normalized spacial score (nSPS) is 12.5. The highest BCUT2D eigenvalue weighted by molar-refractivity contribution is 9.10. The maximum atomic E-state index is 6.13. The van der Waals surface area contributed by atoms with Gasteiger partial charge in [0.15, 0.2) is 0 Å². The Kier molecular flexibility index (Phi) is 10.8. The van der Waals surface area contributed by atoms with Gasteiger partial charge in [0.05, 0.1) is 6.10 Å². The summed E-state index contributed by atoms with van der Waals surface area (Å²) in [5.41, 5.74) is 1.24. The van der Waals surface area contributed by atoms with E-state index in [0.29, 0.717) is 0 Å². The van der Waals surface area contributed by atoms with Gasteiger partial charge in [0.25, 0.3) is 0 Å². The molecule has 2 nitrogen and oxygen atoms in total. The molecule has 0 spiro atoms. The van der Waals surface area contributed by atoms with Gasteiger partial charge in [0, 0.05) is 17.6 Å². The van der Waals surface area contributed by atoms with Crippen LogP contribution in [0, 0.1) is 0 Å². The molecule has 1 aromatic rings. The van der Waals surface area contributed by atoms with Crippen LogP contribution in [0.25, 0.3) is 0 Å². The molecule has 0 saturated heterocycles. The average Bonchev–Trinajstić information content (AvgIpc) is 2.50. The maximum Gasteiger partial charge on any atom is 0.0960 e. The number of hydrogen-bond acceptors (Lipinski definition) is 2. The fourth-order valence-corrected chi connectivity index (χ4v) is 2.92. The van der Waals surface area contributed by atoms with E-state index in [0.717, 1.165) is 30.6 Å². The van der Waals surface area contributed by atoms with E-state index in [1.165, 1.54) is 37.7 Å². The number of likely N-dealkylation sites (N-methyl/N-ethyl adjacent to an activating group) is 1. The lowest BCUT2D eigenvalue weighted by atomic mass is 10.1. The first-order valence-corrected chi connectivity index (χ1v) is 9.15. The van der Waals surface area contributed by atoms with Gasteiger partial charge in [-0.05, 0) is 24.6 Å². The Hall–Kier alpha value is -0.380. The van der Waals surface area contributed by atoms with Crippen LogP contribution in [0.3, 0.4) is 0 Å². The van der Waals surface area contributed by atoms with E-state index in [2.05, 4.69) is 53.3 Å². The van der Waals surface area contributed by atoms with Crippen LogP contribution in [-0.2, 0) is 4.74 Å². The fourth-order valence-electron chi connectivity index (χ4n) is 2.38. The third-order valence-electron chi connectivity index (χ3n) is 3.65.